The lowest BCUT2D eigenvalue weighted by Gasteiger charge is -2.30. The summed E-state index contributed by atoms with van der Waals surface area (Å²) in [4.78, 5) is 134. The summed E-state index contributed by atoms with van der Waals surface area (Å²) in [5.41, 5.74) is 5.12. The van der Waals surface area contributed by atoms with Crippen molar-refractivity contribution in [3.63, 3.8) is 0 Å². The fraction of sp³-hybridized carbons (Fsp3) is 0.481. The minimum Gasteiger partial charge on any atom is -0.496 e. The number of para-hydroxylation sites is 1. The van der Waals surface area contributed by atoms with Gasteiger partial charge in [-0.2, -0.15) is 0 Å². The van der Waals surface area contributed by atoms with Gasteiger partial charge in [0.1, 0.15) is 41.7 Å². The van der Waals surface area contributed by atoms with Crippen LogP contribution in [-0.4, -0.2) is 139 Å². The van der Waals surface area contributed by atoms with Crippen LogP contribution in [0.3, 0.4) is 0 Å². The summed E-state index contributed by atoms with van der Waals surface area (Å²) in [7, 11) is 2.64. The summed E-state index contributed by atoms with van der Waals surface area (Å²) < 4.78 is 11.1. The van der Waals surface area contributed by atoms with Crippen molar-refractivity contribution in [2.45, 2.75) is 129 Å². The van der Waals surface area contributed by atoms with Crippen molar-refractivity contribution in [3.8, 4) is 11.5 Å². The number of anilines is 1. The molecule has 12 N–H and O–H groups in total. The molecule has 10 amide bonds. The largest absolute Gasteiger partial charge is 0.496 e. The second-order valence-corrected chi connectivity index (χ2v) is 18.8. The fourth-order valence-corrected chi connectivity index (χ4v) is 7.42. The molecule has 426 valence electrons. The van der Waals surface area contributed by atoms with Gasteiger partial charge < -0.3 is 62.2 Å². The van der Waals surface area contributed by atoms with Crippen molar-refractivity contribution in [1.82, 2.24) is 48.1 Å². The van der Waals surface area contributed by atoms with Gasteiger partial charge in [0, 0.05) is 31.6 Å². The van der Waals surface area contributed by atoms with Crippen LogP contribution in [0.5, 0.6) is 11.5 Å². The number of hydrazine groups is 1. The van der Waals surface area contributed by atoms with Crippen LogP contribution in [0.15, 0.2) is 72.8 Å². The third-order valence-corrected chi connectivity index (χ3v) is 12.3. The zero-order chi connectivity index (χ0) is 58.1. The highest BCUT2D eigenvalue weighted by atomic mass is 16.5. The quantitative estimate of drug-likeness (QED) is 0.0258. The maximum Gasteiger partial charge on any atom is 0.313 e. The molecule has 0 bridgehead atoms. The number of nitrogens with one attached hydrogen (secondary N) is 10. The SMILES string of the molecule is CCCCOc1ccccc1C(=O)N[C@H](C(=O)N[C@@H](CCCNC(=O)C(=O)Nc1ccc(OC)c(C(=O)NNC(=O)C(C)C)c1)C(=O)N[C@@H](Cc1ccccc1)C(=O)N[C@H](C(=O)N[C@H](C(=O)NC)[C@@H](C)O)[C@@H](C)CC)[C@@H](C)O. The molecule has 3 rings (SSSR count). The van der Waals surface area contributed by atoms with Gasteiger partial charge in [-0.05, 0) is 74.9 Å². The van der Waals surface area contributed by atoms with Crippen LogP contribution in [0, 0.1) is 11.8 Å². The van der Waals surface area contributed by atoms with Crippen molar-refractivity contribution < 1.29 is 67.6 Å². The summed E-state index contributed by atoms with van der Waals surface area (Å²) in [5.74, 6) is -9.18. The van der Waals surface area contributed by atoms with Gasteiger partial charge >= 0.3 is 11.8 Å². The van der Waals surface area contributed by atoms with E-state index in [-0.39, 0.29) is 54.1 Å². The molecular weight excluding hydrogens is 1010 g/mol. The van der Waals surface area contributed by atoms with Crippen molar-refractivity contribution in [2.24, 2.45) is 11.8 Å². The van der Waals surface area contributed by atoms with Gasteiger partial charge in [-0.1, -0.05) is 89.9 Å². The summed E-state index contributed by atoms with van der Waals surface area (Å²) >= 11 is 0. The number of unbranched alkanes of at least 4 members (excludes halogenated alkanes) is 1. The Hall–Kier alpha value is -8.12. The number of benzene rings is 3. The van der Waals surface area contributed by atoms with Gasteiger partial charge in [-0.15, -0.1) is 0 Å². The standard InChI is InChI=1S/C54H76N10O14/c1-10-12-27-78-41-23-17-16-21-36(41)46(68)61-44(33(7)66)52(74)58-38(22-18-26-56-53(75)54(76)57-35-24-25-40(77-9)37(29-35)47(69)64-63-45(67)30(3)4)48(70)59-39(28-34-19-14-13-15-20-34)49(71)60-42(31(5)11-2)51(73)62-43(32(6)65)50(72)55-8/h13-17,19-21,23-25,29-33,38-39,42-44,65-66H,10-12,18,22,26-28H2,1-9H3,(H,55,72)(H,56,75)(H,57,76)(H,58,74)(H,59,70)(H,60,71)(H,61,68)(H,62,73)(H,63,67)(H,64,69)/t31-,32+,33+,38-,39-,42-,43-,44-/m0/s1. The number of hydrogen-bond acceptors (Lipinski definition) is 14. The highest BCUT2D eigenvalue weighted by molar-refractivity contribution is 6.39. The van der Waals surface area contributed by atoms with E-state index in [1.54, 1.807) is 76.2 Å². The molecule has 0 aliphatic heterocycles. The molecule has 8 atom stereocenters. The Balaban J connectivity index is 1.93. The molecule has 0 saturated heterocycles. The summed E-state index contributed by atoms with van der Waals surface area (Å²) in [5, 5.41) is 41.4. The van der Waals surface area contributed by atoms with Crippen molar-refractivity contribution in [3.05, 3.63) is 89.5 Å². The lowest BCUT2D eigenvalue weighted by Crippen LogP contribution is -2.62. The normalized spacial score (nSPS) is 13.9. The van der Waals surface area contributed by atoms with Crippen molar-refractivity contribution in [1.29, 1.82) is 0 Å². The van der Waals surface area contributed by atoms with E-state index in [0.717, 1.165) is 6.42 Å². The van der Waals surface area contributed by atoms with E-state index in [4.69, 9.17) is 9.47 Å². The Morgan fingerprint density at radius 2 is 1.18 bits per heavy atom. The number of rotatable bonds is 29. The Bertz CT molecular complexity index is 2540. The summed E-state index contributed by atoms with van der Waals surface area (Å²) in [6, 6.07) is 11.6. The first-order valence-corrected chi connectivity index (χ1v) is 25.8. The molecule has 3 aromatic rings. The monoisotopic (exact) mass is 1090 g/mol. The first-order chi connectivity index (χ1) is 37.1. The van der Waals surface area contributed by atoms with Crippen LogP contribution in [0.4, 0.5) is 5.69 Å². The molecule has 78 heavy (non-hydrogen) atoms. The number of carbonyl (C=O) groups excluding carboxylic acids is 10. The maximum absolute atomic E-state index is 14.6. The van der Waals surface area contributed by atoms with Gasteiger partial charge in [0.05, 0.1) is 37.1 Å². The van der Waals surface area contributed by atoms with E-state index in [0.29, 0.717) is 25.0 Å². The van der Waals surface area contributed by atoms with E-state index in [2.05, 4.69) is 53.4 Å². The number of aliphatic hydroxyl groups excluding tert-OH is 2. The molecule has 24 nitrogen and oxygen atoms in total. The van der Waals surface area contributed by atoms with Gasteiger partial charge in [0.15, 0.2) is 0 Å². The third-order valence-electron chi connectivity index (χ3n) is 12.3. The molecule has 3 aromatic carbocycles. The van der Waals surface area contributed by atoms with Gasteiger partial charge in [0.2, 0.25) is 35.4 Å². The first kappa shape index (κ1) is 64.2. The van der Waals surface area contributed by atoms with Crippen molar-refractivity contribution >= 4 is 64.8 Å². The van der Waals surface area contributed by atoms with Gasteiger partial charge in [0.25, 0.3) is 11.8 Å². The average Bonchev–Trinajstić information content (AvgIpc) is 3.42. The first-order valence-electron chi connectivity index (χ1n) is 25.8. The molecule has 0 spiro atoms. The van der Waals surface area contributed by atoms with Crippen LogP contribution in [0.1, 0.15) is 107 Å². The van der Waals surface area contributed by atoms with E-state index in [9.17, 15) is 58.2 Å². The van der Waals surface area contributed by atoms with E-state index >= 15 is 0 Å². The molecule has 0 heterocycles. The highest BCUT2D eigenvalue weighted by Crippen LogP contribution is 2.23. The third kappa shape index (κ3) is 20.1. The van der Waals surface area contributed by atoms with Crippen LogP contribution in [0.25, 0.3) is 0 Å². The summed E-state index contributed by atoms with van der Waals surface area (Å²) in [6.45, 7) is 11.3. The maximum atomic E-state index is 14.6. The predicted molar refractivity (Wildman–Crippen MR) is 287 cm³/mol. The van der Waals surface area contributed by atoms with E-state index in [1.807, 2.05) is 6.92 Å². The number of methoxy groups -OCH3 is 1. The lowest BCUT2D eigenvalue weighted by atomic mass is 9.96. The minimum atomic E-state index is -1.65. The molecule has 0 unspecified atom stereocenters. The topological polar surface area (TPSA) is 350 Å². The zero-order valence-corrected chi connectivity index (χ0v) is 45.6. The number of hydrogen-bond donors (Lipinski definition) is 12. The number of likely N-dealkylation sites (N-methyl/N-ethyl adjacent to an activating group) is 1. The molecule has 0 aliphatic carbocycles. The van der Waals surface area contributed by atoms with E-state index in [1.165, 1.54) is 52.3 Å². The molecule has 0 aromatic heterocycles. The Kier molecular flexibility index (Phi) is 26.7. The fourth-order valence-electron chi connectivity index (χ4n) is 7.42. The Morgan fingerprint density at radius 1 is 0.577 bits per heavy atom. The predicted octanol–water partition coefficient (Wildman–Crippen LogP) is 0.660. The average molecular weight is 1090 g/mol. The number of aliphatic hydroxyl groups is 2. The van der Waals surface area contributed by atoms with E-state index < -0.39 is 113 Å². The Labute approximate surface area is 454 Å². The minimum absolute atomic E-state index is 0.0149. The van der Waals surface area contributed by atoms with Crippen LogP contribution < -0.4 is 62.9 Å². The number of carbonyl (C=O) groups is 10. The van der Waals surface area contributed by atoms with Crippen LogP contribution in [0.2, 0.25) is 0 Å². The van der Waals surface area contributed by atoms with Crippen molar-refractivity contribution in [2.75, 3.05) is 32.6 Å². The molecule has 0 saturated carbocycles. The summed E-state index contributed by atoms with van der Waals surface area (Å²) in [6.07, 6.45) is -1.43. The lowest BCUT2D eigenvalue weighted by molar-refractivity contribution is -0.136. The van der Waals surface area contributed by atoms with Gasteiger partial charge in [-0.3, -0.25) is 58.8 Å². The van der Waals surface area contributed by atoms with Crippen LogP contribution >= 0.6 is 0 Å². The second kappa shape index (κ2) is 32.5. The highest BCUT2D eigenvalue weighted by Gasteiger charge is 2.36. The second-order valence-electron chi connectivity index (χ2n) is 18.8. The van der Waals surface area contributed by atoms with Crippen LogP contribution in [-0.2, 0) is 44.8 Å². The molecule has 0 fully saturated rings. The number of ether oxygens (including phenoxy) is 2. The number of amides is 10. The Morgan fingerprint density at radius 3 is 1.79 bits per heavy atom. The molecule has 0 aliphatic rings. The zero-order valence-electron chi connectivity index (χ0n) is 45.6. The van der Waals surface area contributed by atoms with Gasteiger partial charge in [-0.25, -0.2) is 0 Å². The smallest absolute Gasteiger partial charge is 0.313 e. The molecular formula is C54H76N10O14. The molecule has 24 heteroatoms. The molecule has 0 radical (unpaired) electrons.